The summed E-state index contributed by atoms with van der Waals surface area (Å²) in [6.45, 7) is 0. The molecule has 0 radical (unpaired) electrons. The molecule has 4 aliphatic carbocycles. The highest BCUT2D eigenvalue weighted by Gasteiger charge is 2.51. The van der Waals surface area contributed by atoms with Gasteiger partial charge < -0.3 is 5.32 Å². The largest absolute Gasteiger partial charge is 0.345 e. The van der Waals surface area contributed by atoms with Gasteiger partial charge >= 0.3 is 0 Å². The van der Waals surface area contributed by atoms with Crippen LogP contribution in [0, 0.1) is 17.8 Å². The molecule has 0 aliphatic heterocycles. The Morgan fingerprint density at radius 2 is 1.75 bits per heavy atom. The van der Waals surface area contributed by atoms with Gasteiger partial charge in [0.15, 0.2) is 0 Å². The molecule has 106 valence electrons. The Morgan fingerprint density at radius 3 is 2.30 bits per heavy atom. The number of halogens is 1. The molecule has 1 heterocycles. The van der Waals surface area contributed by atoms with Gasteiger partial charge in [0.2, 0.25) is 0 Å². The van der Waals surface area contributed by atoms with Crippen molar-refractivity contribution in [2.45, 2.75) is 44.1 Å². The fourth-order valence-corrected chi connectivity index (χ4v) is 5.27. The summed E-state index contributed by atoms with van der Waals surface area (Å²) in [5, 5.41) is 3.69. The highest BCUT2D eigenvalue weighted by Crippen LogP contribution is 2.55. The summed E-state index contributed by atoms with van der Waals surface area (Å²) in [7, 11) is 0. The molecule has 0 spiro atoms. The third-order valence-corrected chi connectivity index (χ3v) is 5.58. The van der Waals surface area contributed by atoms with Gasteiger partial charge in [-0.25, -0.2) is 4.98 Å². The van der Waals surface area contributed by atoms with Crippen molar-refractivity contribution in [2.75, 3.05) is 0 Å². The van der Waals surface area contributed by atoms with Crippen LogP contribution in [0.4, 0.5) is 0 Å². The van der Waals surface area contributed by atoms with Crippen molar-refractivity contribution in [3.63, 3.8) is 0 Å². The fourth-order valence-electron chi connectivity index (χ4n) is 5.10. The zero-order valence-electron chi connectivity index (χ0n) is 11.4. The summed E-state index contributed by atoms with van der Waals surface area (Å²) in [4.78, 5) is 16.6. The van der Waals surface area contributed by atoms with Crippen LogP contribution in [0.2, 0.25) is 5.15 Å². The normalized spacial score (nSPS) is 38.0. The van der Waals surface area contributed by atoms with Gasteiger partial charge in [0, 0.05) is 5.54 Å². The smallest absolute Gasteiger partial charge is 0.270 e. The maximum absolute atomic E-state index is 12.4. The first-order valence-electron chi connectivity index (χ1n) is 7.57. The molecule has 20 heavy (non-hydrogen) atoms. The van der Waals surface area contributed by atoms with Crippen LogP contribution in [0.15, 0.2) is 18.2 Å². The third kappa shape index (κ3) is 2.12. The molecule has 0 saturated heterocycles. The summed E-state index contributed by atoms with van der Waals surface area (Å²) in [6, 6.07) is 5.22. The summed E-state index contributed by atoms with van der Waals surface area (Å²) in [5.74, 6) is 2.42. The van der Waals surface area contributed by atoms with Crippen LogP contribution in [0.1, 0.15) is 49.0 Å². The van der Waals surface area contributed by atoms with Crippen LogP contribution < -0.4 is 5.32 Å². The number of hydrogen-bond acceptors (Lipinski definition) is 2. The second-order valence-corrected chi connectivity index (χ2v) is 7.38. The van der Waals surface area contributed by atoms with E-state index in [2.05, 4.69) is 10.3 Å². The average Bonchev–Trinajstić information content (AvgIpc) is 2.36. The van der Waals surface area contributed by atoms with E-state index >= 15 is 0 Å². The maximum atomic E-state index is 12.4. The molecule has 1 aromatic rings. The quantitative estimate of drug-likeness (QED) is 0.848. The first kappa shape index (κ1) is 12.6. The lowest BCUT2D eigenvalue weighted by atomic mass is 9.53. The van der Waals surface area contributed by atoms with Crippen molar-refractivity contribution >= 4 is 17.5 Å². The second-order valence-electron chi connectivity index (χ2n) is 7.00. The van der Waals surface area contributed by atoms with Crippen LogP contribution >= 0.6 is 11.6 Å². The fraction of sp³-hybridized carbons (Fsp3) is 0.625. The van der Waals surface area contributed by atoms with Crippen LogP contribution in [0.5, 0.6) is 0 Å². The first-order chi connectivity index (χ1) is 9.62. The van der Waals surface area contributed by atoms with E-state index in [0.29, 0.717) is 10.8 Å². The molecule has 1 N–H and O–H groups in total. The number of nitrogens with zero attached hydrogens (tertiary/aromatic N) is 1. The van der Waals surface area contributed by atoms with E-state index in [1.165, 1.54) is 19.3 Å². The van der Waals surface area contributed by atoms with Crippen molar-refractivity contribution in [3.05, 3.63) is 29.0 Å². The minimum absolute atomic E-state index is 0.0375. The van der Waals surface area contributed by atoms with Crippen molar-refractivity contribution < 1.29 is 4.79 Å². The molecule has 4 bridgehead atoms. The number of amides is 1. The van der Waals surface area contributed by atoms with Gasteiger partial charge in [-0.3, -0.25) is 4.79 Å². The van der Waals surface area contributed by atoms with Crippen molar-refractivity contribution in [1.29, 1.82) is 0 Å². The summed E-state index contributed by atoms with van der Waals surface area (Å²) >= 11 is 5.87. The molecule has 0 aromatic carbocycles. The summed E-state index contributed by atoms with van der Waals surface area (Å²) in [6.07, 6.45) is 7.61. The molecule has 1 amide bonds. The Kier molecular flexibility index (Phi) is 2.81. The molecule has 4 aliphatic rings. The molecular weight excluding hydrogens is 272 g/mol. The Hall–Kier alpha value is -1.09. The van der Waals surface area contributed by atoms with Gasteiger partial charge in [0.1, 0.15) is 10.8 Å². The van der Waals surface area contributed by atoms with Gasteiger partial charge in [-0.15, -0.1) is 0 Å². The standard InChI is InChI=1S/C16H19ClN2O/c17-14-3-1-2-13(18-14)15(20)19-16-7-10-4-11(8-16)6-12(5-10)9-16/h1-3,10-12H,4-9H2,(H,19,20). The summed E-state index contributed by atoms with van der Waals surface area (Å²) < 4.78 is 0. The van der Waals surface area contributed by atoms with Crippen LogP contribution in [0.3, 0.4) is 0 Å². The predicted octanol–water partition coefficient (Wildman–Crippen LogP) is 3.43. The first-order valence-corrected chi connectivity index (χ1v) is 7.95. The Morgan fingerprint density at radius 1 is 1.15 bits per heavy atom. The van der Waals surface area contributed by atoms with Gasteiger partial charge in [-0.05, 0) is 68.4 Å². The van der Waals surface area contributed by atoms with E-state index in [1.807, 2.05) is 0 Å². The number of carbonyl (C=O) groups is 1. The molecule has 4 heteroatoms. The third-order valence-electron chi connectivity index (χ3n) is 5.36. The molecule has 4 fully saturated rings. The van der Waals surface area contributed by atoms with Crippen molar-refractivity contribution in [3.8, 4) is 0 Å². The lowest BCUT2D eigenvalue weighted by Crippen LogP contribution is -2.59. The highest BCUT2D eigenvalue weighted by atomic mass is 35.5. The molecule has 5 rings (SSSR count). The van der Waals surface area contributed by atoms with Crippen LogP contribution in [-0.2, 0) is 0 Å². The Balaban J connectivity index is 1.55. The van der Waals surface area contributed by atoms with Gasteiger partial charge in [0.25, 0.3) is 5.91 Å². The highest BCUT2D eigenvalue weighted by molar-refractivity contribution is 6.29. The van der Waals surface area contributed by atoms with E-state index in [0.717, 1.165) is 37.0 Å². The predicted molar refractivity (Wildman–Crippen MR) is 77.6 cm³/mol. The molecule has 1 aromatic heterocycles. The van der Waals surface area contributed by atoms with Crippen molar-refractivity contribution in [1.82, 2.24) is 10.3 Å². The molecule has 4 saturated carbocycles. The monoisotopic (exact) mass is 290 g/mol. The molecule has 0 atom stereocenters. The van der Waals surface area contributed by atoms with Gasteiger partial charge in [-0.2, -0.15) is 0 Å². The number of carbonyl (C=O) groups excluding carboxylic acids is 1. The van der Waals surface area contributed by atoms with E-state index in [9.17, 15) is 4.79 Å². The zero-order valence-corrected chi connectivity index (χ0v) is 12.2. The number of aromatic nitrogens is 1. The second kappa shape index (κ2) is 4.45. The Bertz CT molecular complexity index is 522. The number of rotatable bonds is 2. The zero-order chi connectivity index (χ0) is 13.7. The molecular formula is C16H19ClN2O. The van der Waals surface area contributed by atoms with Crippen LogP contribution in [-0.4, -0.2) is 16.4 Å². The van der Waals surface area contributed by atoms with Crippen LogP contribution in [0.25, 0.3) is 0 Å². The van der Waals surface area contributed by atoms with Crippen molar-refractivity contribution in [2.24, 2.45) is 17.8 Å². The molecule has 3 nitrogen and oxygen atoms in total. The minimum Gasteiger partial charge on any atom is -0.345 e. The average molecular weight is 291 g/mol. The minimum atomic E-state index is -0.0607. The van der Waals surface area contributed by atoms with E-state index in [-0.39, 0.29) is 11.4 Å². The number of hydrogen-bond donors (Lipinski definition) is 1. The molecule has 0 unspecified atom stereocenters. The van der Waals surface area contributed by atoms with E-state index in [4.69, 9.17) is 11.6 Å². The lowest BCUT2D eigenvalue weighted by Gasteiger charge is -2.56. The number of nitrogens with one attached hydrogen (secondary N) is 1. The Labute approximate surface area is 124 Å². The van der Waals surface area contributed by atoms with Gasteiger partial charge in [0.05, 0.1) is 0 Å². The van der Waals surface area contributed by atoms with Gasteiger partial charge in [-0.1, -0.05) is 17.7 Å². The lowest BCUT2D eigenvalue weighted by molar-refractivity contribution is -0.0167. The SMILES string of the molecule is O=C(NC12CC3CC(CC(C3)C1)C2)c1cccc(Cl)n1. The van der Waals surface area contributed by atoms with E-state index < -0.39 is 0 Å². The van der Waals surface area contributed by atoms with E-state index in [1.54, 1.807) is 18.2 Å². The maximum Gasteiger partial charge on any atom is 0.270 e. The topological polar surface area (TPSA) is 42.0 Å². The number of pyridine rings is 1. The summed E-state index contributed by atoms with van der Waals surface area (Å²) in [5.41, 5.74) is 0.476.